The van der Waals surface area contributed by atoms with E-state index in [9.17, 15) is 13.6 Å². The van der Waals surface area contributed by atoms with Crippen molar-refractivity contribution in [1.82, 2.24) is 0 Å². The van der Waals surface area contributed by atoms with Crippen LogP contribution >= 0.6 is 0 Å². The van der Waals surface area contributed by atoms with Gasteiger partial charge in [-0.15, -0.1) is 0 Å². The van der Waals surface area contributed by atoms with Crippen LogP contribution in [0.5, 0.6) is 0 Å². The highest BCUT2D eigenvalue weighted by atomic mass is 19.1. The van der Waals surface area contributed by atoms with Crippen LogP contribution in [0.15, 0.2) is 48.5 Å². The second-order valence-electron chi connectivity index (χ2n) is 5.22. The third-order valence-electron chi connectivity index (χ3n) is 3.39. The number of aliphatic carboxylic acids is 1. The van der Waals surface area contributed by atoms with Gasteiger partial charge in [0.15, 0.2) is 0 Å². The summed E-state index contributed by atoms with van der Waals surface area (Å²) in [6, 6.07) is 11.9. The van der Waals surface area contributed by atoms with Crippen molar-refractivity contribution < 1.29 is 18.7 Å². The van der Waals surface area contributed by atoms with Crippen LogP contribution in [0.3, 0.4) is 0 Å². The lowest BCUT2D eigenvalue weighted by Crippen LogP contribution is -2.31. The number of carboxylic acids is 1. The smallest absolute Gasteiger partial charge is 0.308 e. The summed E-state index contributed by atoms with van der Waals surface area (Å²) in [4.78, 5) is 12.9. The Morgan fingerprint density at radius 3 is 2.05 bits per heavy atom. The molecule has 5 heteroatoms. The Hall–Kier alpha value is -2.43. The highest BCUT2D eigenvalue weighted by Crippen LogP contribution is 2.20. The maximum atomic E-state index is 13.1. The first-order chi connectivity index (χ1) is 10.5. The summed E-state index contributed by atoms with van der Waals surface area (Å²) >= 11 is 0. The first-order valence-corrected chi connectivity index (χ1v) is 6.93. The molecular formula is C17H17F2NO2. The predicted molar refractivity (Wildman–Crippen MR) is 80.6 cm³/mol. The molecule has 1 unspecified atom stereocenters. The van der Waals surface area contributed by atoms with Gasteiger partial charge in [0.2, 0.25) is 0 Å². The molecule has 0 amide bonds. The summed E-state index contributed by atoms with van der Waals surface area (Å²) in [6.07, 6.45) is 0. The molecule has 0 saturated carbocycles. The number of anilines is 1. The lowest BCUT2D eigenvalue weighted by Gasteiger charge is -2.27. The zero-order valence-electron chi connectivity index (χ0n) is 12.2. The molecule has 1 atom stereocenters. The predicted octanol–water partition coefficient (Wildman–Crippen LogP) is 3.69. The molecule has 2 aromatic carbocycles. The van der Waals surface area contributed by atoms with Crippen LogP contribution in [-0.2, 0) is 11.3 Å². The molecule has 0 fully saturated rings. The van der Waals surface area contributed by atoms with Gasteiger partial charge in [-0.25, -0.2) is 8.78 Å². The number of hydrogen-bond donors (Lipinski definition) is 1. The molecule has 0 saturated heterocycles. The van der Waals surface area contributed by atoms with Crippen molar-refractivity contribution in [2.45, 2.75) is 13.5 Å². The summed E-state index contributed by atoms with van der Waals surface area (Å²) in [7, 11) is 0. The van der Waals surface area contributed by atoms with Gasteiger partial charge >= 0.3 is 5.97 Å². The SMILES string of the molecule is CC(CN(Cc1ccc(F)cc1)c1ccc(F)cc1)C(=O)O. The molecule has 0 aliphatic rings. The number of rotatable bonds is 6. The molecule has 0 radical (unpaired) electrons. The van der Waals surface area contributed by atoms with Gasteiger partial charge in [0.25, 0.3) is 0 Å². The van der Waals surface area contributed by atoms with E-state index in [1.54, 1.807) is 31.2 Å². The quantitative estimate of drug-likeness (QED) is 0.885. The van der Waals surface area contributed by atoms with Crippen LogP contribution in [0.2, 0.25) is 0 Å². The first kappa shape index (κ1) is 15.9. The van der Waals surface area contributed by atoms with Crippen LogP contribution in [-0.4, -0.2) is 17.6 Å². The molecule has 0 heterocycles. The van der Waals surface area contributed by atoms with Gasteiger partial charge in [-0.3, -0.25) is 4.79 Å². The topological polar surface area (TPSA) is 40.5 Å². The number of carboxylic acid groups (broad SMARTS) is 1. The van der Waals surface area contributed by atoms with Gasteiger partial charge in [0, 0.05) is 18.8 Å². The number of carbonyl (C=O) groups is 1. The van der Waals surface area contributed by atoms with E-state index < -0.39 is 11.9 Å². The molecule has 0 aliphatic carbocycles. The number of hydrogen-bond acceptors (Lipinski definition) is 2. The number of halogens is 2. The fourth-order valence-electron chi connectivity index (χ4n) is 2.13. The maximum Gasteiger partial charge on any atom is 0.308 e. The third kappa shape index (κ3) is 4.28. The molecule has 0 aromatic heterocycles. The molecule has 2 rings (SSSR count). The molecule has 0 bridgehead atoms. The Morgan fingerprint density at radius 1 is 1.05 bits per heavy atom. The molecule has 0 aliphatic heterocycles. The second-order valence-corrected chi connectivity index (χ2v) is 5.22. The van der Waals surface area contributed by atoms with E-state index in [2.05, 4.69) is 0 Å². The highest BCUT2D eigenvalue weighted by molar-refractivity contribution is 5.70. The summed E-state index contributed by atoms with van der Waals surface area (Å²) in [5.41, 5.74) is 1.57. The minimum atomic E-state index is -0.897. The van der Waals surface area contributed by atoms with Crippen molar-refractivity contribution in [3.05, 3.63) is 65.7 Å². The molecule has 1 N–H and O–H groups in total. The molecule has 0 spiro atoms. The average molecular weight is 305 g/mol. The Morgan fingerprint density at radius 2 is 1.55 bits per heavy atom. The van der Waals surface area contributed by atoms with E-state index >= 15 is 0 Å². The van der Waals surface area contributed by atoms with Crippen molar-refractivity contribution in [2.75, 3.05) is 11.4 Å². The molecule has 2 aromatic rings. The highest BCUT2D eigenvalue weighted by Gasteiger charge is 2.17. The first-order valence-electron chi connectivity index (χ1n) is 6.93. The second kappa shape index (κ2) is 7.02. The van der Waals surface area contributed by atoms with Gasteiger partial charge in [-0.2, -0.15) is 0 Å². The number of benzene rings is 2. The van der Waals surface area contributed by atoms with Gasteiger partial charge in [0.05, 0.1) is 5.92 Å². The zero-order chi connectivity index (χ0) is 16.1. The van der Waals surface area contributed by atoms with Crippen LogP contribution < -0.4 is 4.90 Å². The summed E-state index contributed by atoms with van der Waals surface area (Å²) in [6.45, 7) is 2.31. The summed E-state index contributed by atoms with van der Waals surface area (Å²) in [5.74, 6) is -2.15. The number of nitrogens with zero attached hydrogens (tertiary/aromatic N) is 1. The molecular weight excluding hydrogens is 288 g/mol. The Bertz CT molecular complexity index is 626. The lowest BCUT2D eigenvalue weighted by atomic mass is 10.1. The van der Waals surface area contributed by atoms with E-state index in [-0.39, 0.29) is 18.2 Å². The average Bonchev–Trinajstić information content (AvgIpc) is 2.49. The standard InChI is InChI=1S/C17H17F2NO2/c1-12(17(21)22)10-20(16-8-6-15(19)7-9-16)11-13-2-4-14(18)5-3-13/h2-9,12H,10-11H2,1H3,(H,21,22). The van der Waals surface area contributed by atoms with Crippen LogP contribution in [0, 0.1) is 17.6 Å². The summed E-state index contributed by atoms with van der Waals surface area (Å²) < 4.78 is 26.0. The van der Waals surface area contributed by atoms with Crippen molar-refractivity contribution in [2.24, 2.45) is 5.92 Å². The monoisotopic (exact) mass is 305 g/mol. The zero-order valence-corrected chi connectivity index (χ0v) is 12.2. The fraction of sp³-hybridized carbons (Fsp3) is 0.235. The Kier molecular flexibility index (Phi) is 5.09. The summed E-state index contributed by atoms with van der Waals surface area (Å²) in [5, 5.41) is 9.09. The van der Waals surface area contributed by atoms with E-state index in [1.165, 1.54) is 24.3 Å². The van der Waals surface area contributed by atoms with Crippen LogP contribution in [0.1, 0.15) is 12.5 Å². The van der Waals surface area contributed by atoms with Crippen LogP contribution in [0.4, 0.5) is 14.5 Å². The van der Waals surface area contributed by atoms with E-state index in [1.807, 2.05) is 4.90 Å². The van der Waals surface area contributed by atoms with Gasteiger partial charge in [-0.1, -0.05) is 19.1 Å². The van der Waals surface area contributed by atoms with Gasteiger partial charge in [0.1, 0.15) is 11.6 Å². The van der Waals surface area contributed by atoms with E-state index in [0.717, 1.165) is 11.3 Å². The van der Waals surface area contributed by atoms with E-state index in [0.29, 0.717) is 6.54 Å². The Labute approximate surface area is 127 Å². The molecule has 116 valence electrons. The van der Waals surface area contributed by atoms with Crippen LogP contribution in [0.25, 0.3) is 0 Å². The Balaban J connectivity index is 2.22. The van der Waals surface area contributed by atoms with Crippen molar-refractivity contribution in [3.8, 4) is 0 Å². The van der Waals surface area contributed by atoms with Crippen molar-refractivity contribution >= 4 is 11.7 Å². The van der Waals surface area contributed by atoms with Crippen molar-refractivity contribution in [1.29, 1.82) is 0 Å². The molecule has 3 nitrogen and oxygen atoms in total. The fourth-order valence-corrected chi connectivity index (χ4v) is 2.13. The minimum Gasteiger partial charge on any atom is -0.481 e. The van der Waals surface area contributed by atoms with Gasteiger partial charge < -0.3 is 10.0 Å². The maximum absolute atomic E-state index is 13.1. The van der Waals surface area contributed by atoms with Crippen molar-refractivity contribution in [3.63, 3.8) is 0 Å². The van der Waals surface area contributed by atoms with E-state index in [4.69, 9.17) is 5.11 Å². The minimum absolute atomic E-state index is 0.276. The molecule has 22 heavy (non-hydrogen) atoms. The normalized spacial score (nSPS) is 12.0. The lowest BCUT2D eigenvalue weighted by molar-refractivity contribution is -0.140. The van der Waals surface area contributed by atoms with Gasteiger partial charge in [-0.05, 0) is 42.0 Å². The largest absolute Gasteiger partial charge is 0.481 e. The third-order valence-corrected chi connectivity index (χ3v) is 3.39.